The minimum absolute atomic E-state index is 0.0486. The van der Waals surface area contributed by atoms with Gasteiger partial charge in [-0.15, -0.1) is 0 Å². The Hall–Kier alpha value is -2.89. The summed E-state index contributed by atoms with van der Waals surface area (Å²) in [7, 11) is 0. The third-order valence-electron chi connectivity index (χ3n) is 4.34. The predicted molar refractivity (Wildman–Crippen MR) is 100 cm³/mol. The molecule has 26 heavy (non-hydrogen) atoms. The maximum absolute atomic E-state index is 12.5. The van der Waals surface area contributed by atoms with Gasteiger partial charge in [-0.3, -0.25) is 14.2 Å². The fourth-order valence-electron chi connectivity index (χ4n) is 3.07. The maximum Gasteiger partial charge on any atom is 0.220 e. The van der Waals surface area contributed by atoms with Crippen molar-refractivity contribution in [1.82, 2.24) is 24.9 Å². The van der Waals surface area contributed by atoms with E-state index in [1.165, 1.54) is 0 Å². The molecule has 0 unspecified atom stereocenters. The van der Waals surface area contributed by atoms with Crippen LogP contribution in [0.4, 0.5) is 0 Å². The van der Waals surface area contributed by atoms with Crippen LogP contribution < -0.4 is 5.32 Å². The molecule has 6 heteroatoms. The van der Waals surface area contributed by atoms with E-state index in [-0.39, 0.29) is 11.9 Å². The van der Waals surface area contributed by atoms with Crippen molar-refractivity contribution < 1.29 is 4.79 Å². The lowest BCUT2D eigenvalue weighted by Crippen LogP contribution is -2.31. The number of benzene rings is 1. The minimum Gasteiger partial charge on any atom is -0.347 e. The zero-order chi connectivity index (χ0) is 18.4. The van der Waals surface area contributed by atoms with Crippen LogP contribution in [0, 0.1) is 13.8 Å². The largest absolute Gasteiger partial charge is 0.347 e. The highest BCUT2D eigenvalue weighted by Gasteiger charge is 2.15. The van der Waals surface area contributed by atoms with Gasteiger partial charge in [0.25, 0.3) is 0 Å². The molecule has 1 amide bonds. The Labute approximate surface area is 153 Å². The van der Waals surface area contributed by atoms with Gasteiger partial charge < -0.3 is 5.32 Å². The van der Waals surface area contributed by atoms with Gasteiger partial charge >= 0.3 is 0 Å². The number of carbonyl (C=O) groups excluding carboxylic acids is 1. The van der Waals surface area contributed by atoms with Gasteiger partial charge in [-0.1, -0.05) is 30.3 Å². The number of hydrogen-bond acceptors (Lipinski definition) is 3. The number of aryl methyl sites for hydroxylation is 3. The van der Waals surface area contributed by atoms with E-state index >= 15 is 0 Å². The summed E-state index contributed by atoms with van der Waals surface area (Å²) >= 11 is 0. The van der Waals surface area contributed by atoms with Crippen molar-refractivity contribution in [2.45, 2.75) is 45.8 Å². The zero-order valence-corrected chi connectivity index (χ0v) is 15.3. The van der Waals surface area contributed by atoms with Gasteiger partial charge in [-0.25, -0.2) is 0 Å². The molecule has 0 aliphatic rings. The number of hydrogen-bond donors (Lipinski definition) is 1. The first-order valence-corrected chi connectivity index (χ1v) is 8.94. The van der Waals surface area contributed by atoms with Crippen molar-refractivity contribution in [3.8, 4) is 0 Å². The molecule has 0 aliphatic carbocycles. The van der Waals surface area contributed by atoms with E-state index in [0.717, 1.165) is 29.9 Å². The number of nitrogens with one attached hydrogen (secondary N) is 1. The Bertz CT molecular complexity index is 823. The van der Waals surface area contributed by atoms with Gasteiger partial charge in [-0.05, 0) is 38.0 Å². The first-order valence-electron chi connectivity index (χ1n) is 8.94. The summed E-state index contributed by atoms with van der Waals surface area (Å²) in [5, 5.41) is 11.8. The summed E-state index contributed by atoms with van der Waals surface area (Å²) < 4.78 is 3.80. The van der Waals surface area contributed by atoms with Crippen molar-refractivity contribution in [2.24, 2.45) is 0 Å². The van der Waals surface area contributed by atoms with E-state index in [9.17, 15) is 4.79 Å². The van der Waals surface area contributed by atoms with Crippen LogP contribution in [0.2, 0.25) is 0 Å². The monoisotopic (exact) mass is 351 g/mol. The SMILES string of the molecule is Cc1cc(C)n(CCCC(=O)N[C@H](Cn2cccn2)c2ccccc2)n1. The van der Waals surface area contributed by atoms with Crippen LogP contribution in [0.1, 0.15) is 35.8 Å². The quantitative estimate of drug-likeness (QED) is 0.678. The molecule has 2 heterocycles. The number of carbonyl (C=O) groups is 1. The van der Waals surface area contributed by atoms with Gasteiger partial charge in [0.05, 0.1) is 18.3 Å². The lowest BCUT2D eigenvalue weighted by Gasteiger charge is -2.19. The van der Waals surface area contributed by atoms with Crippen molar-refractivity contribution in [3.05, 3.63) is 71.8 Å². The second-order valence-electron chi connectivity index (χ2n) is 6.51. The number of rotatable bonds is 8. The molecule has 0 saturated heterocycles. The van der Waals surface area contributed by atoms with Crippen LogP contribution in [0.3, 0.4) is 0 Å². The summed E-state index contributed by atoms with van der Waals surface area (Å²) in [4.78, 5) is 12.5. The Morgan fingerprint density at radius 2 is 2.00 bits per heavy atom. The van der Waals surface area contributed by atoms with Gasteiger partial charge in [0.2, 0.25) is 5.91 Å². The molecular formula is C20H25N5O. The summed E-state index contributed by atoms with van der Waals surface area (Å²) in [6.45, 7) is 5.38. The molecule has 0 saturated carbocycles. The third kappa shape index (κ3) is 4.81. The Morgan fingerprint density at radius 3 is 2.65 bits per heavy atom. The van der Waals surface area contributed by atoms with E-state index in [4.69, 9.17) is 0 Å². The van der Waals surface area contributed by atoms with Gasteiger partial charge in [0.15, 0.2) is 0 Å². The predicted octanol–water partition coefficient (Wildman–Crippen LogP) is 3.03. The fourth-order valence-corrected chi connectivity index (χ4v) is 3.07. The number of amides is 1. The van der Waals surface area contributed by atoms with Crippen LogP contribution in [-0.2, 0) is 17.9 Å². The Balaban J connectivity index is 1.57. The number of nitrogens with zero attached hydrogens (tertiary/aromatic N) is 4. The third-order valence-corrected chi connectivity index (χ3v) is 4.34. The fraction of sp³-hybridized carbons (Fsp3) is 0.350. The molecule has 0 spiro atoms. The average Bonchev–Trinajstić information content (AvgIpc) is 3.25. The van der Waals surface area contributed by atoms with Crippen LogP contribution in [0.5, 0.6) is 0 Å². The highest BCUT2D eigenvalue weighted by Crippen LogP contribution is 2.15. The molecule has 0 fully saturated rings. The molecule has 2 aromatic heterocycles. The summed E-state index contributed by atoms with van der Waals surface area (Å²) in [5.41, 5.74) is 3.22. The highest BCUT2D eigenvalue weighted by molar-refractivity contribution is 5.76. The van der Waals surface area contributed by atoms with Crippen molar-refractivity contribution in [3.63, 3.8) is 0 Å². The lowest BCUT2D eigenvalue weighted by molar-refractivity contribution is -0.122. The topological polar surface area (TPSA) is 64.7 Å². The van der Waals surface area contributed by atoms with Crippen LogP contribution >= 0.6 is 0 Å². The molecule has 1 aromatic carbocycles. The van der Waals surface area contributed by atoms with Gasteiger partial charge in [-0.2, -0.15) is 10.2 Å². The summed E-state index contributed by atoms with van der Waals surface area (Å²) in [6.07, 6.45) is 4.89. The van der Waals surface area contributed by atoms with Crippen molar-refractivity contribution in [2.75, 3.05) is 0 Å². The maximum atomic E-state index is 12.5. The molecule has 1 atom stereocenters. The standard InChI is InChI=1S/C20H25N5O/c1-16-14-17(2)25(23-16)13-6-10-20(26)22-19(15-24-12-7-11-21-24)18-8-4-3-5-9-18/h3-5,7-9,11-12,14,19H,6,10,13,15H2,1-2H3,(H,22,26)/t19-/m1/s1. The first-order chi connectivity index (χ1) is 12.6. The lowest BCUT2D eigenvalue weighted by atomic mass is 10.1. The molecular weight excluding hydrogens is 326 g/mol. The number of aromatic nitrogens is 4. The van der Waals surface area contributed by atoms with Crippen LogP contribution in [0.15, 0.2) is 54.9 Å². The van der Waals surface area contributed by atoms with Gasteiger partial charge in [0.1, 0.15) is 0 Å². The summed E-state index contributed by atoms with van der Waals surface area (Å²) in [6, 6.07) is 13.9. The Kier molecular flexibility index (Phi) is 5.84. The van der Waals surface area contributed by atoms with Crippen LogP contribution in [-0.4, -0.2) is 25.5 Å². The van der Waals surface area contributed by atoms with E-state index in [0.29, 0.717) is 13.0 Å². The van der Waals surface area contributed by atoms with Crippen LogP contribution in [0.25, 0.3) is 0 Å². The van der Waals surface area contributed by atoms with E-state index < -0.39 is 0 Å². The molecule has 1 N–H and O–H groups in total. The van der Waals surface area contributed by atoms with Gasteiger partial charge in [0, 0.05) is 31.1 Å². The van der Waals surface area contributed by atoms with E-state index in [1.807, 2.05) is 65.8 Å². The summed E-state index contributed by atoms with van der Waals surface area (Å²) in [5.74, 6) is 0.0486. The van der Waals surface area contributed by atoms with Crippen molar-refractivity contribution >= 4 is 5.91 Å². The average molecular weight is 351 g/mol. The molecule has 0 bridgehead atoms. The highest BCUT2D eigenvalue weighted by atomic mass is 16.1. The second-order valence-corrected chi connectivity index (χ2v) is 6.51. The normalized spacial score (nSPS) is 12.1. The molecule has 0 aliphatic heterocycles. The zero-order valence-electron chi connectivity index (χ0n) is 15.3. The minimum atomic E-state index is -0.0997. The van der Waals surface area contributed by atoms with E-state index in [1.54, 1.807) is 6.20 Å². The molecule has 136 valence electrons. The Morgan fingerprint density at radius 1 is 1.19 bits per heavy atom. The molecule has 3 aromatic rings. The van der Waals surface area contributed by atoms with Crippen molar-refractivity contribution in [1.29, 1.82) is 0 Å². The molecule has 6 nitrogen and oxygen atoms in total. The molecule has 3 rings (SSSR count). The first kappa shape index (κ1) is 17.9. The second kappa shape index (κ2) is 8.47. The van der Waals surface area contributed by atoms with E-state index in [2.05, 4.69) is 21.6 Å². The smallest absolute Gasteiger partial charge is 0.220 e. The molecule has 0 radical (unpaired) electrons.